The number of halogens is 5. The van der Waals surface area contributed by atoms with E-state index in [0.717, 1.165) is 16.3 Å². The van der Waals surface area contributed by atoms with E-state index < -0.39 is 36.5 Å². The predicted octanol–water partition coefficient (Wildman–Crippen LogP) is 4.93. The fourth-order valence-corrected chi connectivity index (χ4v) is 5.83. The first-order chi connectivity index (χ1) is 19.4. The second-order valence-corrected chi connectivity index (χ2v) is 11.2. The summed E-state index contributed by atoms with van der Waals surface area (Å²) in [6, 6.07) is 11.8. The van der Waals surface area contributed by atoms with Gasteiger partial charge in [0.25, 0.3) is 0 Å². The molecule has 5 rings (SSSR count). The molecule has 3 heterocycles. The smallest absolute Gasteiger partial charge is 0.410 e. The summed E-state index contributed by atoms with van der Waals surface area (Å²) in [6.07, 6.45) is -1.94. The lowest BCUT2D eigenvalue weighted by atomic mass is 9.85. The van der Waals surface area contributed by atoms with Gasteiger partial charge in [-0.05, 0) is 42.7 Å². The molecule has 218 valence electrons. The van der Waals surface area contributed by atoms with Crippen molar-refractivity contribution in [2.45, 2.75) is 49.2 Å². The average Bonchev–Trinajstić information content (AvgIpc) is 3.42. The molecule has 2 amide bonds. The highest BCUT2D eigenvalue weighted by Crippen LogP contribution is 2.52. The average molecular weight is 594 g/mol. The fourth-order valence-electron chi connectivity index (χ4n) is 5.71. The van der Waals surface area contributed by atoms with Gasteiger partial charge in [0.15, 0.2) is 6.10 Å². The summed E-state index contributed by atoms with van der Waals surface area (Å²) in [7, 11) is 1.36. The molecule has 1 aromatic carbocycles. The van der Waals surface area contributed by atoms with Gasteiger partial charge in [0.1, 0.15) is 11.9 Å². The molecule has 1 aromatic heterocycles. The van der Waals surface area contributed by atoms with Crippen LogP contribution in [0, 0.1) is 17.2 Å². The standard InChI is InChI=1S/C28H28ClF4N5O3/c1-36(26(40)41-23-12-27(30,31)28(23,32)33)22-16-38(15-21(22)18-3-5-20(29)6-4-18)25(39)19-8-10-37(11-9-19)24-7-2-17(13-34)14-35-24/h2-7,14,19,21-23H,8-12,15-16H2,1H3. The van der Waals surface area contributed by atoms with Crippen LogP contribution in [0.5, 0.6) is 0 Å². The van der Waals surface area contributed by atoms with Gasteiger partial charge in [-0.1, -0.05) is 23.7 Å². The summed E-state index contributed by atoms with van der Waals surface area (Å²) in [6.45, 7) is 1.60. The summed E-state index contributed by atoms with van der Waals surface area (Å²) >= 11 is 6.05. The lowest BCUT2D eigenvalue weighted by Crippen LogP contribution is -2.64. The van der Waals surface area contributed by atoms with Crippen molar-refractivity contribution in [1.29, 1.82) is 5.26 Å². The number of hydrogen-bond donors (Lipinski definition) is 0. The Kier molecular flexibility index (Phi) is 7.76. The van der Waals surface area contributed by atoms with Gasteiger partial charge >= 0.3 is 17.9 Å². The maximum atomic E-state index is 13.8. The Balaban J connectivity index is 1.26. The van der Waals surface area contributed by atoms with Crippen LogP contribution in [0.2, 0.25) is 5.02 Å². The number of likely N-dealkylation sites (tertiary alicyclic amines) is 1. The van der Waals surface area contributed by atoms with Crippen molar-refractivity contribution >= 4 is 29.4 Å². The number of aromatic nitrogens is 1. The molecule has 0 spiro atoms. The topological polar surface area (TPSA) is 89.8 Å². The minimum absolute atomic E-state index is 0.0779. The Morgan fingerprint density at radius 2 is 1.78 bits per heavy atom. The summed E-state index contributed by atoms with van der Waals surface area (Å²) < 4.78 is 58.9. The van der Waals surface area contributed by atoms with E-state index >= 15 is 0 Å². The van der Waals surface area contributed by atoms with E-state index in [4.69, 9.17) is 21.6 Å². The lowest BCUT2D eigenvalue weighted by Gasteiger charge is -2.43. The van der Waals surface area contributed by atoms with Crippen molar-refractivity contribution in [3.05, 3.63) is 58.7 Å². The van der Waals surface area contributed by atoms with Crippen LogP contribution in [0.25, 0.3) is 0 Å². The Bertz CT molecular complexity index is 1330. The van der Waals surface area contributed by atoms with Crippen LogP contribution in [0.3, 0.4) is 0 Å². The van der Waals surface area contributed by atoms with Crippen molar-refractivity contribution in [3.8, 4) is 6.07 Å². The zero-order valence-electron chi connectivity index (χ0n) is 22.2. The molecule has 2 aromatic rings. The molecule has 1 saturated carbocycles. The van der Waals surface area contributed by atoms with E-state index in [9.17, 15) is 27.2 Å². The van der Waals surface area contributed by atoms with Crippen LogP contribution in [-0.4, -0.2) is 84.0 Å². The highest BCUT2D eigenvalue weighted by atomic mass is 35.5. The maximum absolute atomic E-state index is 13.8. The number of nitriles is 1. The largest absolute Gasteiger partial charge is 0.439 e. The van der Waals surface area contributed by atoms with Gasteiger partial charge < -0.3 is 19.4 Å². The molecule has 3 atom stereocenters. The molecule has 41 heavy (non-hydrogen) atoms. The number of nitrogens with zero attached hydrogens (tertiary/aromatic N) is 5. The van der Waals surface area contributed by atoms with Gasteiger partial charge in [-0.2, -0.15) is 22.8 Å². The number of alkyl halides is 4. The number of pyridine rings is 1. The summed E-state index contributed by atoms with van der Waals surface area (Å²) in [4.78, 5) is 35.6. The number of rotatable bonds is 5. The minimum Gasteiger partial charge on any atom is -0.439 e. The van der Waals surface area contributed by atoms with Crippen LogP contribution in [0.1, 0.15) is 36.3 Å². The Morgan fingerprint density at radius 3 is 2.34 bits per heavy atom. The first-order valence-electron chi connectivity index (χ1n) is 13.3. The minimum atomic E-state index is -4.43. The van der Waals surface area contributed by atoms with Gasteiger partial charge in [0.2, 0.25) is 5.91 Å². The van der Waals surface area contributed by atoms with E-state index in [1.165, 1.54) is 13.2 Å². The zero-order valence-corrected chi connectivity index (χ0v) is 22.9. The van der Waals surface area contributed by atoms with Crippen LogP contribution in [-0.2, 0) is 9.53 Å². The Labute approximate surface area is 239 Å². The summed E-state index contributed by atoms with van der Waals surface area (Å²) in [5.41, 5.74) is 1.25. The van der Waals surface area contributed by atoms with Crippen molar-refractivity contribution in [2.24, 2.45) is 5.92 Å². The molecule has 2 aliphatic heterocycles. The van der Waals surface area contributed by atoms with E-state index in [1.807, 2.05) is 6.07 Å². The van der Waals surface area contributed by atoms with Crippen molar-refractivity contribution < 1.29 is 31.9 Å². The van der Waals surface area contributed by atoms with Gasteiger partial charge in [-0.15, -0.1) is 0 Å². The van der Waals surface area contributed by atoms with Gasteiger partial charge in [0.05, 0.1) is 18.0 Å². The zero-order chi connectivity index (χ0) is 29.5. The van der Waals surface area contributed by atoms with E-state index in [2.05, 4.69) is 9.88 Å². The number of carbonyl (C=O) groups is 2. The number of piperidine rings is 1. The molecule has 0 radical (unpaired) electrons. The molecular weight excluding hydrogens is 566 g/mol. The number of likely N-dealkylation sites (N-methyl/N-ethyl adjacent to an activating group) is 1. The third-order valence-corrected chi connectivity index (χ3v) is 8.56. The van der Waals surface area contributed by atoms with E-state index in [0.29, 0.717) is 36.5 Å². The molecule has 2 saturated heterocycles. The molecule has 3 unspecified atom stereocenters. The van der Waals surface area contributed by atoms with Crippen molar-refractivity contribution in [2.75, 3.05) is 38.1 Å². The second kappa shape index (κ2) is 11.0. The van der Waals surface area contributed by atoms with Crippen molar-refractivity contribution in [3.63, 3.8) is 0 Å². The van der Waals surface area contributed by atoms with Crippen molar-refractivity contribution in [1.82, 2.24) is 14.8 Å². The maximum Gasteiger partial charge on any atom is 0.410 e. The van der Waals surface area contributed by atoms with Gasteiger partial charge in [-0.25, -0.2) is 9.78 Å². The Hall–Kier alpha value is -3.59. The summed E-state index contributed by atoms with van der Waals surface area (Å²) in [5, 5.41) is 9.48. The number of benzene rings is 1. The highest BCUT2D eigenvalue weighted by molar-refractivity contribution is 6.30. The molecule has 8 nitrogen and oxygen atoms in total. The predicted molar refractivity (Wildman–Crippen MR) is 141 cm³/mol. The molecule has 13 heteroatoms. The monoisotopic (exact) mass is 593 g/mol. The Morgan fingerprint density at radius 1 is 1.10 bits per heavy atom. The number of hydrogen-bond acceptors (Lipinski definition) is 6. The molecule has 0 N–H and O–H groups in total. The molecule has 0 bridgehead atoms. The molecular formula is C28H28ClF4N5O3. The first kappa shape index (κ1) is 28.9. The highest BCUT2D eigenvalue weighted by Gasteiger charge is 2.74. The lowest BCUT2D eigenvalue weighted by molar-refractivity contribution is -0.330. The quantitative estimate of drug-likeness (QED) is 0.457. The second-order valence-electron chi connectivity index (χ2n) is 10.8. The molecule has 3 aliphatic rings. The van der Waals surface area contributed by atoms with Crippen LogP contribution in [0.15, 0.2) is 42.6 Å². The number of carbonyl (C=O) groups excluding carboxylic acids is 2. The normalized spacial score (nSPS) is 25.2. The molecule has 1 aliphatic carbocycles. The van der Waals surface area contributed by atoms with Gasteiger partial charge in [0, 0.05) is 56.3 Å². The molecule has 3 fully saturated rings. The van der Waals surface area contributed by atoms with Crippen LogP contribution in [0.4, 0.5) is 28.2 Å². The summed E-state index contributed by atoms with van der Waals surface area (Å²) in [5.74, 6) is -8.63. The van der Waals surface area contributed by atoms with Crippen LogP contribution < -0.4 is 4.90 Å². The number of amides is 2. The SMILES string of the molecule is CN(C(=O)OC1CC(F)(F)C1(F)F)C1CN(C(=O)C2CCN(c3ccc(C#N)cn3)CC2)CC1c1ccc(Cl)cc1. The first-order valence-corrected chi connectivity index (χ1v) is 13.6. The number of anilines is 1. The third-order valence-electron chi connectivity index (χ3n) is 8.31. The third kappa shape index (κ3) is 5.52. The van der Waals surface area contributed by atoms with E-state index in [-0.39, 0.29) is 30.8 Å². The number of ether oxygens (including phenoxy) is 1. The van der Waals surface area contributed by atoms with E-state index in [1.54, 1.807) is 41.3 Å². The van der Waals surface area contributed by atoms with Crippen LogP contribution >= 0.6 is 11.6 Å². The van der Waals surface area contributed by atoms with Gasteiger partial charge in [-0.3, -0.25) is 4.79 Å². The fraction of sp³-hybridized carbons (Fsp3) is 0.500.